The second-order valence-electron chi connectivity index (χ2n) is 7.48. The molecule has 1 amide bonds. The number of aryl methyl sites for hydroxylation is 4. The monoisotopic (exact) mass is 417 g/mol. The third kappa shape index (κ3) is 5.63. The van der Waals surface area contributed by atoms with Crippen molar-refractivity contribution in [2.75, 3.05) is 23.3 Å². The Morgan fingerprint density at radius 2 is 1.79 bits per heavy atom. The van der Waals surface area contributed by atoms with E-state index in [1.54, 1.807) is 6.92 Å². The number of pyridine rings is 1. The molecule has 2 rings (SSSR count). The number of aromatic nitrogens is 1. The molecule has 1 aromatic carbocycles. The van der Waals surface area contributed by atoms with Gasteiger partial charge in [-0.1, -0.05) is 24.6 Å². The predicted octanol–water partition coefficient (Wildman–Crippen LogP) is 5.91. The van der Waals surface area contributed by atoms with Crippen molar-refractivity contribution in [2.24, 2.45) is 0 Å². The van der Waals surface area contributed by atoms with Crippen LogP contribution in [-0.4, -0.2) is 29.4 Å². The molecular weight excluding hydrogens is 386 g/mol. The Morgan fingerprint density at radius 3 is 2.31 bits per heavy atom. The van der Waals surface area contributed by atoms with Gasteiger partial charge in [0.05, 0.1) is 5.69 Å². The Hall–Kier alpha value is -2.27. The van der Waals surface area contributed by atoms with E-state index in [0.29, 0.717) is 11.6 Å². The maximum atomic E-state index is 12.5. The fourth-order valence-electron chi connectivity index (χ4n) is 3.43. The van der Waals surface area contributed by atoms with Crippen molar-refractivity contribution in [2.45, 2.75) is 60.3 Å². The summed E-state index contributed by atoms with van der Waals surface area (Å²) in [4.78, 5) is 19.3. The van der Waals surface area contributed by atoms with E-state index in [-0.39, 0.29) is 5.91 Å². The molecule has 5 nitrogen and oxygen atoms in total. The van der Waals surface area contributed by atoms with Crippen LogP contribution in [0, 0.1) is 27.7 Å². The van der Waals surface area contributed by atoms with Gasteiger partial charge in [0, 0.05) is 18.8 Å². The summed E-state index contributed by atoms with van der Waals surface area (Å²) in [6, 6.07) is 6.14. The molecule has 0 saturated carbocycles. The first-order valence-corrected chi connectivity index (χ1v) is 10.6. The highest BCUT2D eigenvalue weighted by Gasteiger charge is 2.22. The van der Waals surface area contributed by atoms with Crippen molar-refractivity contribution in [3.63, 3.8) is 0 Å². The number of alkyl halides is 1. The van der Waals surface area contributed by atoms with E-state index in [0.717, 1.165) is 47.8 Å². The normalized spacial score (nSPS) is 11.9. The minimum atomic E-state index is -0.666. The number of nitrogens with zero attached hydrogens (tertiary/aromatic N) is 2. The number of ether oxygens (including phenoxy) is 1. The summed E-state index contributed by atoms with van der Waals surface area (Å²) in [7, 11) is 0. The number of benzene rings is 1. The SMILES string of the molecule is CCCN(CC)c1cc(C)nc(Oc2c(C)cc(C)cc2C)c1NC(=O)C(C)Cl. The van der Waals surface area contributed by atoms with Gasteiger partial charge in [0.25, 0.3) is 0 Å². The highest BCUT2D eigenvalue weighted by Crippen LogP contribution is 2.39. The van der Waals surface area contributed by atoms with E-state index in [1.807, 2.05) is 26.8 Å². The lowest BCUT2D eigenvalue weighted by Gasteiger charge is -2.27. The van der Waals surface area contributed by atoms with Crippen LogP contribution in [-0.2, 0) is 4.79 Å². The number of nitrogens with one attached hydrogen (secondary N) is 1. The minimum absolute atomic E-state index is 0.284. The topological polar surface area (TPSA) is 54.5 Å². The van der Waals surface area contributed by atoms with Gasteiger partial charge in [0.2, 0.25) is 11.8 Å². The predicted molar refractivity (Wildman–Crippen MR) is 122 cm³/mol. The number of anilines is 2. The zero-order valence-corrected chi connectivity index (χ0v) is 19.3. The van der Waals surface area contributed by atoms with Gasteiger partial charge >= 0.3 is 0 Å². The summed E-state index contributed by atoms with van der Waals surface area (Å²) < 4.78 is 6.31. The number of carbonyl (C=O) groups excluding carboxylic acids is 1. The van der Waals surface area contributed by atoms with Gasteiger partial charge in [0.1, 0.15) is 16.8 Å². The van der Waals surface area contributed by atoms with E-state index in [1.165, 1.54) is 5.56 Å². The number of halogens is 1. The molecule has 6 heteroatoms. The van der Waals surface area contributed by atoms with Crippen molar-refractivity contribution in [1.82, 2.24) is 4.98 Å². The Kier molecular flexibility index (Phi) is 7.91. The highest BCUT2D eigenvalue weighted by atomic mass is 35.5. The Bertz CT molecular complexity index is 858. The molecule has 0 radical (unpaired) electrons. The highest BCUT2D eigenvalue weighted by molar-refractivity contribution is 6.32. The molecule has 0 saturated heterocycles. The summed E-state index contributed by atoms with van der Waals surface area (Å²) in [5.41, 5.74) is 5.50. The number of hydrogen-bond acceptors (Lipinski definition) is 4. The third-order valence-electron chi connectivity index (χ3n) is 4.72. The molecular formula is C23H32ClN3O2. The molecule has 0 fully saturated rings. The van der Waals surface area contributed by atoms with Crippen molar-refractivity contribution in [3.8, 4) is 11.6 Å². The quantitative estimate of drug-likeness (QED) is 0.542. The third-order valence-corrected chi connectivity index (χ3v) is 4.92. The first-order valence-electron chi connectivity index (χ1n) is 10.1. The summed E-state index contributed by atoms with van der Waals surface area (Å²) in [5.74, 6) is 0.858. The van der Waals surface area contributed by atoms with Gasteiger partial charge in [-0.05, 0) is 65.2 Å². The number of carbonyl (C=O) groups is 1. The van der Waals surface area contributed by atoms with Crippen molar-refractivity contribution in [1.29, 1.82) is 0 Å². The summed E-state index contributed by atoms with van der Waals surface area (Å²) in [6.45, 7) is 15.6. The van der Waals surface area contributed by atoms with Gasteiger partial charge in [-0.3, -0.25) is 4.79 Å². The van der Waals surface area contributed by atoms with E-state index >= 15 is 0 Å². The molecule has 0 bridgehead atoms. The molecule has 158 valence electrons. The van der Waals surface area contributed by atoms with E-state index in [4.69, 9.17) is 16.3 Å². The van der Waals surface area contributed by atoms with Gasteiger partial charge < -0.3 is 15.0 Å². The Balaban J connectivity index is 2.63. The molecule has 1 heterocycles. The van der Waals surface area contributed by atoms with Crippen molar-refractivity contribution in [3.05, 3.63) is 40.6 Å². The maximum absolute atomic E-state index is 12.5. The van der Waals surface area contributed by atoms with Crippen LogP contribution in [0.2, 0.25) is 0 Å². The van der Waals surface area contributed by atoms with Gasteiger partial charge in [0.15, 0.2) is 0 Å². The van der Waals surface area contributed by atoms with Crippen LogP contribution in [0.5, 0.6) is 11.6 Å². The average molecular weight is 418 g/mol. The summed E-state index contributed by atoms with van der Waals surface area (Å²) in [5, 5.41) is 2.28. The lowest BCUT2D eigenvalue weighted by molar-refractivity contribution is -0.115. The largest absolute Gasteiger partial charge is 0.436 e. The smallest absolute Gasteiger partial charge is 0.245 e. The summed E-state index contributed by atoms with van der Waals surface area (Å²) >= 11 is 6.03. The van der Waals surface area contributed by atoms with E-state index in [9.17, 15) is 4.79 Å². The first kappa shape index (κ1) is 23.0. The molecule has 1 aromatic heterocycles. The Labute approximate surface area is 179 Å². The second-order valence-corrected chi connectivity index (χ2v) is 8.13. The van der Waals surface area contributed by atoms with Crippen molar-refractivity contribution >= 4 is 28.9 Å². The standard InChI is InChI=1S/C23H32ClN3O2/c1-8-10-27(9-2)19-13-17(6)25-23(20(19)26-22(28)18(7)24)29-21-15(4)11-14(3)12-16(21)5/h11-13,18H,8-10H2,1-7H3,(H,26,28). The molecule has 2 aromatic rings. The molecule has 0 aliphatic rings. The van der Waals surface area contributed by atoms with Gasteiger partial charge in [-0.25, -0.2) is 4.98 Å². The van der Waals surface area contributed by atoms with Crippen LogP contribution >= 0.6 is 11.6 Å². The molecule has 1 unspecified atom stereocenters. The first-order chi connectivity index (χ1) is 13.7. The molecule has 29 heavy (non-hydrogen) atoms. The van der Waals surface area contributed by atoms with Gasteiger partial charge in [-0.2, -0.15) is 0 Å². The maximum Gasteiger partial charge on any atom is 0.245 e. The molecule has 1 atom stereocenters. The van der Waals surface area contributed by atoms with Crippen LogP contribution in [0.4, 0.5) is 11.4 Å². The lowest BCUT2D eigenvalue weighted by Crippen LogP contribution is -2.27. The lowest BCUT2D eigenvalue weighted by atomic mass is 10.1. The van der Waals surface area contributed by atoms with Crippen LogP contribution in [0.1, 0.15) is 49.6 Å². The van der Waals surface area contributed by atoms with Crippen LogP contribution in [0.15, 0.2) is 18.2 Å². The Morgan fingerprint density at radius 1 is 1.17 bits per heavy atom. The number of amides is 1. The van der Waals surface area contributed by atoms with Crippen LogP contribution in [0.25, 0.3) is 0 Å². The average Bonchev–Trinajstić information content (AvgIpc) is 2.64. The minimum Gasteiger partial charge on any atom is -0.436 e. The van der Waals surface area contributed by atoms with E-state index in [2.05, 4.69) is 48.1 Å². The second kappa shape index (κ2) is 9.97. The van der Waals surface area contributed by atoms with Gasteiger partial charge in [-0.15, -0.1) is 11.6 Å². The molecule has 0 aliphatic heterocycles. The molecule has 0 aliphatic carbocycles. The zero-order valence-electron chi connectivity index (χ0n) is 18.5. The molecule has 1 N–H and O–H groups in total. The fraction of sp³-hybridized carbons (Fsp3) is 0.478. The number of hydrogen-bond donors (Lipinski definition) is 1. The molecule has 0 spiro atoms. The van der Waals surface area contributed by atoms with E-state index < -0.39 is 5.38 Å². The summed E-state index contributed by atoms with van der Waals surface area (Å²) in [6.07, 6.45) is 0.987. The van der Waals surface area contributed by atoms with Crippen LogP contribution in [0.3, 0.4) is 0 Å². The van der Waals surface area contributed by atoms with Crippen molar-refractivity contribution < 1.29 is 9.53 Å². The number of rotatable bonds is 8. The van der Waals surface area contributed by atoms with Crippen LogP contribution < -0.4 is 15.0 Å². The zero-order chi connectivity index (χ0) is 21.7. The fourth-order valence-corrected chi connectivity index (χ4v) is 3.49.